The van der Waals surface area contributed by atoms with Crippen LogP contribution in [0.3, 0.4) is 0 Å². The Morgan fingerprint density at radius 2 is 2.09 bits per heavy atom. The number of para-hydroxylation sites is 1. The Bertz CT molecular complexity index is 573. The van der Waals surface area contributed by atoms with Gasteiger partial charge in [0, 0.05) is 11.5 Å². The van der Waals surface area contributed by atoms with E-state index in [0.29, 0.717) is 19.1 Å². The van der Waals surface area contributed by atoms with E-state index < -0.39 is 0 Å². The third kappa shape index (κ3) is 2.57. The number of hydrogen-bond donors (Lipinski definition) is 1. The minimum atomic E-state index is -0.314. The van der Waals surface area contributed by atoms with Gasteiger partial charge in [0.2, 0.25) is 0 Å². The lowest BCUT2D eigenvalue weighted by atomic mass is 9.91. The van der Waals surface area contributed by atoms with Gasteiger partial charge in [-0.2, -0.15) is 0 Å². The first-order valence-electron chi connectivity index (χ1n) is 7.68. The Balaban J connectivity index is 1.88. The second-order valence-electron chi connectivity index (χ2n) is 6.11. The lowest BCUT2D eigenvalue weighted by molar-refractivity contribution is 0.0965. The second kappa shape index (κ2) is 6.01. The van der Waals surface area contributed by atoms with Crippen LogP contribution in [0.1, 0.15) is 25.5 Å². The molecule has 0 unspecified atom stereocenters. The molecule has 0 aliphatic carbocycles. The second-order valence-corrected chi connectivity index (χ2v) is 6.11. The molecule has 3 atom stereocenters. The monoisotopic (exact) mass is 302 g/mol. The Hall–Kier alpha value is -2.01. The maximum atomic E-state index is 12.1. The van der Waals surface area contributed by atoms with Crippen molar-refractivity contribution in [3.05, 3.63) is 42.5 Å². The molecule has 5 heteroatoms. The lowest BCUT2D eigenvalue weighted by Crippen LogP contribution is -2.51. The number of rotatable bonds is 4. The van der Waals surface area contributed by atoms with Gasteiger partial charge in [-0.1, -0.05) is 38.1 Å². The number of carbonyl (C=O) groups is 1. The van der Waals surface area contributed by atoms with E-state index in [4.69, 9.17) is 9.47 Å². The lowest BCUT2D eigenvalue weighted by Gasteiger charge is -2.36. The molecular formula is C17H22N2O3. The van der Waals surface area contributed by atoms with Crippen LogP contribution >= 0.6 is 0 Å². The Kier molecular flexibility index (Phi) is 4.07. The fourth-order valence-corrected chi connectivity index (χ4v) is 2.98. The van der Waals surface area contributed by atoms with E-state index in [-0.39, 0.29) is 24.1 Å². The Labute approximate surface area is 130 Å². The summed E-state index contributed by atoms with van der Waals surface area (Å²) in [6, 6.07) is 7.89. The van der Waals surface area contributed by atoms with Gasteiger partial charge < -0.3 is 9.47 Å². The SMILES string of the molecule is C=C[C@@H]1COc2ccccc2[C@@H]1NN1C(=O)OC[C@H]1C(C)C. The molecule has 0 radical (unpaired) electrons. The zero-order chi connectivity index (χ0) is 15.7. The van der Waals surface area contributed by atoms with Crippen molar-refractivity contribution >= 4 is 6.09 Å². The van der Waals surface area contributed by atoms with Crippen LogP contribution in [-0.2, 0) is 4.74 Å². The summed E-state index contributed by atoms with van der Waals surface area (Å²) >= 11 is 0. The third-order valence-corrected chi connectivity index (χ3v) is 4.37. The average molecular weight is 302 g/mol. The summed E-state index contributed by atoms with van der Waals surface area (Å²) in [5.74, 6) is 1.26. The molecule has 0 bridgehead atoms. The molecule has 0 saturated carbocycles. The highest BCUT2D eigenvalue weighted by Crippen LogP contribution is 2.36. The fraction of sp³-hybridized carbons (Fsp3) is 0.471. The molecular weight excluding hydrogens is 280 g/mol. The average Bonchev–Trinajstić information content (AvgIpc) is 2.89. The van der Waals surface area contributed by atoms with Gasteiger partial charge in [-0.25, -0.2) is 15.2 Å². The van der Waals surface area contributed by atoms with Crippen LogP contribution in [0.2, 0.25) is 0 Å². The van der Waals surface area contributed by atoms with Crippen molar-refractivity contribution in [1.82, 2.24) is 10.4 Å². The topological polar surface area (TPSA) is 50.8 Å². The summed E-state index contributed by atoms with van der Waals surface area (Å²) in [6.07, 6.45) is 1.56. The summed E-state index contributed by atoms with van der Waals surface area (Å²) in [4.78, 5) is 12.1. The zero-order valence-electron chi connectivity index (χ0n) is 13.0. The predicted molar refractivity (Wildman–Crippen MR) is 83.3 cm³/mol. The molecule has 3 rings (SSSR count). The minimum Gasteiger partial charge on any atom is -0.493 e. The third-order valence-electron chi connectivity index (χ3n) is 4.37. The maximum absolute atomic E-state index is 12.1. The summed E-state index contributed by atoms with van der Waals surface area (Å²) < 4.78 is 11.0. The zero-order valence-corrected chi connectivity index (χ0v) is 13.0. The highest BCUT2D eigenvalue weighted by molar-refractivity contribution is 5.69. The van der Waals surface area contributed by atoms with E-state index in [2.05, 4.69) is 25.9 Å². The quantitative estimate of drug-likeness (QED) is 0.869. The van der Waals surface area contributed by atoms with Crippen molar-refractivity contribution in [2.24, 2.45) is 11.8 Å². The molecule has 5 nitrogen and oxygen atoms in total. The number of cyclic esters (lactones) is 1. The van der Waals surface area contributed by atoms with Crippen molar-refractivity contribution in [2.45, 2.75) is 25.9 Å². The van der Waals surface area contributed by atoms with Crippen LogP contribution in [0.25, 0.3) is 0 Å². The number of ether oxygens (including phenoxy) is 2. The van der Waals surface area contributed by atoms with Gasteiger partial charge in [0.25, 0.3) is 0 Å². The van der Waals surface area contributed by atoms with E-state index in [1.54, 1.807) is 5.01 Å². The first-order valence-corrected chi connectivity index (χ1v) is 7.68. The fourth-order valence-electron chi connectivity index (χ4n) is 2.98. The molecule has 1 amide bonds. The molecule has 2 heterocycles. The van der Waals surface area contributed by atoms with Crippen LogP contribution < -0.4 is 10.2 Å². The molecule has 1 N–H and O–H groups in total. The Morgan fingerprint density at radius 1 is 1.32 bits per heavy atom. The van der Waals surface area contributed by atoms with Gasteiger partial charge >= 0.3 is 6.09 Å². The van der Waals surface area contributed by atoms with Crippen molar-refractivity contribution in [2.75, 3.05) is 13.2 Å². The number of nitrogens with zero attached hydrogens (tertiary/aromatic N) is 1. The molecule has 1 fully saturated rings. The van der Waals surface area contributed by atoms with Crippen LogP contribution in [-0.4, -0.2) is 30.4 Å². The number of carbonyl (C=O) groups excluding carboxylic acids is 1. The largest absolute Gasteiger partial charge is 0.493 e. The van der Waals surface area contributed by atoms with E-state index >= 15 is 0 Å². The number of fused-ring (bicyclic) bond motifs is 1. The summed E-state index contributed by atoms with van der Waals surface area (Å²) in [5, 5.41) is 1.63. The first kappa shape index (κ1) is 14.9. The van der Waals surface area contributed by atoms with E-state index in [9.17, 15) is 4.79 Å². The molecule has 2 aliphatic rings. The van der Waals surface area contributed by atoms with Crippen LogP contribution in [0, 0.1) is 11.8 Å². The van der Waals surface area contributed by atoms with Crippen LogP contribution in [0.4, 0.5) is 4.79 Å². The number of nitrogens with one attached hydrogen (secondary N) is 1. The summed E-state index contributed by atoms with van der Waals surface area (Å²) in [5.41, 5.74) is 4.41. The molecule has 1 saturated heterocycles. The van der Waals surface area contributed by atoms with Crippen molar-refractivity contribution < 1.29 is 14.3 Å². The van der Waals surface area contributed by atoms with E-state index in [0.717, 1.165) is 11.3 Å². The predicted octanol–water partition coefficient (Wildman–Crippen LogP) is 2.90. The molecule has 1 aromatic carbocycles. The van der Waals surface area contributed by atoms with Crippen molar-refractivity contribution in [1.29, 1.82) is 0 Å². The first-order chi connectivity index (χ1) is 10.6. The smallest absolute Gasteiger partial charge is 0.424 e. The summed E-state index contributed by atoms with van der Waals surface area (Å²) in [7, 11) is 0. The molecule has 1 aromatic rings. The number of amides is 1. The minimum absolute atomic E-state index is 0.0352. The number of hydrogen-bond acceptors (Lipinski definition) is 4. The molecule has 0 aromatic heterocycles. The molecule has 2 aliphatic heterocycles. The van der Waals surface area contributed by atoms with Gasteiger partial charge in [0.1, 0.15) is 12.4 Å². The van der Waals surface area contributed by atoms with Crippen LogP contribution in [0.15, 0.2) is 36.9 Å². The highest BCUT2D eigenvalue weighted by atomic mass is 16.6. The van der Waals surface area contributed by atoms with Gasteiger partial charge in [-0.3, -0.25) is 0 Å². The van der Waals surface area contributed by atoms with E-state index in [1.807, 2.05) is 30.3 Å². The van der Waals surface area contributed by atoms with Gasteiger partial charge in [-0.05, 0) is 12.0 Å². The number of benzene rings is 1. The van der Waals surface area contributed by atoms with Gasteiger partial charge in [0.05, 0.1) is 18.7 Å². The maximum Gasteiger partial charge on any atom is 0.424 e. The number of hydrazine groups is 1. The Morgan fingerprint density at radius 3 is 2.82 bits per heavy atom. The molecule has 118 valence electrons. The molecule has 22 heavy (non-hydrogen) atoms. The standard InChI is InChI=1S/C17H22N2O3/c1-4-12-9-21-15-8-6-5-7-13(15)16(12)18-19-14(11(2)3)10-22-17(19)20/h4-8,11-12,14,16,18H,1,9-10H2,2-3H3/t12-,14+,16-/m1/s1. The summed E-state index contributed by atoms with van der Waals surface area (Å²) in [6.45, 7) is 9.05. The van der Waals surface area contributed by atoms with Gasteiger partial charge in [0.15, 0.2) is 0 Å². The van der Waals surface area contributed by atoms with Crippen molar-refractivity contribution in [3.8, 4) is 5.75 Å². The normalized spacial score (nSPS) is 27.3. The molecule has 0 spiro atoms. The van der Waals surface area contributed by atoms with Crippen LogP contribution in [0.5, 0.6) is 5.75 Å². The van der Waals surface area contributed by atoms with E-state index in [1.165, 1.54) is 0 Å². The van der Waals surface area contributed by atoms with Gasteiger partial charge in [-0.15, -0.1) is 6.58 Å². The van der Waals surface area contributed by atoms with Crippen molar-refractivity contribution in [3.63, 3.8) is 0 Å². The highest BCUT2D eigenvalue weighted by Gasteiger charge is 2.39.